The van der Waals surface area contributed by atoms with Gasteiger partial charge in [-0.05, 0) is 42.1 Å². The van der Waals surface area contributed by atoms with E-state index in [9.17, 15) is 4.39 Å². The van der Waals surface area contributed by atoms with E-state index >= 15 is 0 Å². The van der Waals surface area contributed by atoms with Crippen LogP contribution in [0.15, 0.2) is 24.3 Å². The molecule has 0 aliphatic rings. The van der Waals surface area contributed by atoms with E-state index in [1.807, 2.05) is 20.0 Å². The molecule has 0 amide bonds. The van der Waals surface area contributed by atoms with Crippen LogP contribution in [0.5, 0.6) is 0 Å². The molecule has 0 bridgehead atoms. The zero-order valence-corrected chi connectivity index (χ0v) is 9.76. The number of nitrogens with zero attached hydrogens (tertiary/aromatic N) is 4. The highest BCUT2D eigenvalue weighted by molar-refractivity contribution is 5.16. The fourth-order valence-corrected chi connectivity index (χ4v) is 1.57. The Balaban J connectivity index is 2.22. The lowest BCUT2D eigenvalue weighted by Crippen LogP contribution is -2.19. The molecule has 1 N–H and O–H groups in total. The van der Waals surface area contributed by atoms with Gasteiger partial charge in [-0.25, -0.2) is 9.07 Å². The Hall–Kier alpha value is -1.82. The van der Waals surface area contributed by atoms with Crippen LogP contribution in [0.2, 0.25) is 0 Å². The topological polar surface area (TPSA) is 55.6 Å². The van der Waals surface area contributed by atoms with E-state index in [2.05, 4.69) is 20.8 Å². The number of tetrazole rings is 1. The second-order valence-corrected chi connectivity index (χ2v) is 3.84. The molecular weight excluding hydrogens is 221 g/mol. The van der Waals surface area contributed by atoms with Crippen LogP contribution in [0.3, 0.4) is 0 Å². The van der Waals surface area contributed by atoms with Crippen molar-refractivity contribution in [2.75, 3.05) is 7.05 Å². The van der Waals surface area contributed by atoms with Crippen LogP contribution in [-0.4, -0.2) is 27.3 Å². The van der Waals surface area contributed by atoms with Crippen molar-refractivity contribution in [2.24, 2.45) is 0 Å². The Morgan fingerprint density at radius 2 is 2.29 bits per heavy atom. The number of hydrogen-bond donors (Lipinski definition) is 1. The van der Waals surface area contributed by atoms with Crippen LogP contribution < -0.4 is 5.32 Å². The van der Waals surface area contributed by atoms with Gasteiger partial charge in [-0.1, -0.05) is 12.1 Å². The zero-order chi connectivity index (χ0) is 12.3. The zero-order valence-electron chi connectivity index (χ0n) is 9.76. The summed E-state index contributed by atoms with van der Waals surface area (Å²) in [4.78, 5) is 0. The van der Waals surface area contributed by atoms with Crippen molar-refractivity contribution in [3.8, 4) is 0 Å². The SMILES string of the molecule is CNC(C)c1nnnn1Cc1cccc(F)c1. The molecule has 1 aromatic carbocycles. The van der Waals surface area contributed by atoms with Crippen molar-refractivity contribution in [2.45, 2.75) is 19.5 Å². The molecule has 1 heterocycles. The lowest BCUT2D eigenvalue weighted by Gasteiger charge is -2.10. The highest BCUT2D eigenvalue weighted by Gasteiger charge is 2.12. The number of aromatic nitrogens is 4. The van der Waals surface area contributed by atoms with Crippen molar-refractivity contribution in [3.05, 3.63) is 41.5 Å². The predicted molar refractivity (Wildman–Crippen MR) is 60.8 cm³/mol. The van der Waals surface area contributed by atoms with Gasteiger partial charge in [0.25, 0.3) is 0 Å². The van der Waals surface area contributed by atoms with E-state index in [4.69, 9.17) is 0 Å². The lowest BCUT2D eigenvalue weighted by molar-refractivity contribution is 0.538. The second kappa shape index (κ2) is 5.01. The molecule has 1 unspecified atom stereocenters. The first-order valence-corrected chi connectivity index (χ1v) is 5.38. The third kappa shape index (κ3) is 2.65. The van der Waals surface area contributed by atoms with Gasteiger partial charge in [-0.2, -0.15) is 0 Å². The van der Waals surface area contributed by atoms with E-state index in [0.717, 1.165) is 11.4 Å². The monoisotopic (exact) mass is 235 g/mol. The van der Waals surface area contributed by atoms with Gasteiger partial charge in [0.2, 0.25) is 0 Å². The molecule has 17 heavy (non-hydrogen) atoms. The maximum atomic E-state index is 13.0. The molecule has 0 radical (unpaired) electrons. The third-order valence-corrected chi connectivity index (χ3v) is 2.60. The number of halogens is 1. The summed E-state index contributed by atoms with van der Waals surface area (Å²) in [6.45, 7) is 2.43. The van der Waals surface area contributed by atoms with Crippen molar-refractivity contribution in [1.29, 1.82) is 0 Å². The summed E-state index contributed by atoms with van der Waals surface area (Å²) in [5.41, 5.74) is 0.835. The maximum Gasteiger partial charge on any atom is 0.168 e. The highest BCUT2D eigenvalue weighted by atomic mass is 19.1. The maximum absolute atomic E-state index is 13.0. The Labute approximate surface area is 98.6 Å². The van der Waals surface area contributed by atoms with Gasteiger partial charge in [-0.15, -0.1) is 5.10 Å². The van der Waals surface area contributed by atoms with Crippen molar-refractivity contribution < 1.29 is 4.39 Å². The van der Waals surface area contributed by atoms with Crippen LogP contribution in [-0.2, 0) is 6.54 Å². The third-order valence-electron chi connectivity index (χ3n) is 2.60. The minimum Gasteiger partial charge on any atom is -0.311 e. The van der Waals surface area contributed by atoms with Crippen LogP contribution in [0.4, 0.5) is 4.39 Å². The molecule has 2 aromatic rings. The van der Waals surface area contributed by atoms with Gasteiger partial charge in [0, 0.05) is 0 Å². The average Bonchev–Trinajstić information content (AvgIpc) is 2.76. The van der Waals surface area contributed by atoms with Gasteiger partial charge in [0.05, 0.1) is 12.6 Å². The van der Waals surface area contributed by atoms with E-state index < -0.39 is 0 Å². The summed E-state index contributed by atoms with van der Waals surface area (Å²) in [7, 11) is 1.84. The van der Waals surface area contributed by atoms with Gasteiger partial charge >= 0.3 is 0 Å². The molecule has 0 aliphatic heterocycles. The second-order valence-electron chi connectivity index (χ2n) is 3.84. The largest absolute Gasteiger partial charge is 0.311 e. The smallest absolute Gasteiger partial charge is 0.168 e. The normalized spacial score (nSPS) is 12.6. The van der Waals surface area contributed by atoms with Gasteiger partial charge in [0.15, 0.2) is 5.82 Å². The summed E-state index contributed by atoms with van der Waals surface area (Å²) < 4.78 is 14.7. The molecule has 0 fully saturated rings. The number of nitrogens with one attached hydrogen (secondary N) is 1. The number of benzene rings is 1. The fraction of sp³-hybridized carbons (Fsp3) is 0.364. The standard InChI is InChI=1S/C11H14FN5/c1-8(13-2)11-14-15-16-17(11)7-9-4-3-5-10(12)6-9/h3-6,8,13H,7H2,1-2H3. The molecule has 0 saturated heterocycles. The summed E-state index contributed by atoms with van der Waals surface area (Å²) in [5, 5.41) is 14.6. The Morgan fingerprint density at radius 1 is 1.47 bits per heavy atom. The van der Waals surface area contributed by atoms with Crippen LogP contribution in [0.25, 0.3) is 0 Å². The van der Waals surface area contributed by atoms with E-state index in [-0.39, 0.29) is 11.9 Å². The predicted octanol–water partition coefficient (Wildman–Crippen LogP) is 1.14. The van der Waals surface area contributed by atoms with Gasteiger partial charge in [0.1, 0.15) is 5.82 Å². The Kier molecular flexibility index (Phi) is 3.43. The molecular formula is C11H14FN5. The Morgan fingerprint density at radius 3 is 3.00 bits per heavy atom. The average molecular weight is 235 g/mol. The number of hydrogen-bond acceptors (Lipinski definition) is 4. The van der Waals surface area contributed by atoms with Crippen molar-refractivity contribution >= 4 is 0 Å². The molecule has 0 spiro atoms. The van der Waals surface area contributed by atoms with Gasteiger partial charge in [-0.3, -0.25) is 0 Å². The molecule has 0 saturated carbocycles. The molecule has 1 atom stereocenters. The van der Waals surface area contributed by atoms with Crippen LogP contribution >= 0.6 is 0 Å². The van der Waals surface area contributed by atoms with E-state index in [0.29, 0.717) is 6.54 Å². The van der Waals surface area contributed by atoms with Crippen LogP contribution in [0.1, 0.15) is 24.4 Å². The first kappa shape index (κ1) is 11.7. The fourth-order valence-electron chi connectivity index (χ4n) is 1.57. The van der Waals surface area contributed by atoms with Crippen molar-refractivity contribution in [3.63, 3.8) is 0 Å². The summed E-state index contributed by atoms with van der Waals surface area (Å²) >= 11 is 0. The minimum absolute atomic E-state index is 0.0542. The van der Waals surface area contributed by atoms with Crippen LogP contribution in [0, 0.1) is 5.82 Å². The lowest BCUT2D eigenvalue weighted by atomic mass is 10.2. The summed E-state index contributed by atoms with van der Waals surface area (Å²) in [5.74, 6) is 0.482. The Bertz CT molecular complexity index is 496. The summed E-state index contributed by atoms with van der Waals surface area (Å²) in [6.07, 6.45) is 0. The molecule has 2 rings (SSSR count). The molecule has 90 valence electrons. The van der Waals surface area contributed by atoms with Crippen molar-refractivity contribution in [1.82, 2.24) is 25.5 Å². The summed E-state index contributed by atoms with van der Waals surface area (Å²) in [6, 6.07) is 6.48. The molecule has 5 nitrogen and oxygen atoms in total. The molecule has 6 heteroatoms. The minimum atomic E-state index is -0.251. The van der Waals surface area contributed by atoms with E-state index in [1.54, 1.807) is 10.7 Å². The quantitative estimate of drug-likeness (QED) is 0.863. The molecule has 1 aromatic heterocycles. The highest BCUT2D eigenvalue weighted by Crippen LogP contribution is 2.10. The molecule has 0 aliphatic carbocycles. The van der Waals surface area contributed by atoms with Gasteiger partial charge < -0.3 is 5.32 Å². The first-order valence-electron chi connectivity index (χ1n) is 5.38. The number of rotatable bonds is 4. The first-order chi connectivity index (χ1) is 8.20. The van der Waals surface area contributed by atoms with E-state index in [1.165, 1.54) is 12.1 Å².